The number of nitrogens with one attached hydrogen (secondary N) is 1. The average Bonchev–Trinajstić information content (AvgIpc) is 3.31. The fraction of sp³-hybridized carbons (Fsp3) is 0.286. The van der Waals surface area contributed by atoms with Gasteiger partial charge in [0.25, 0.3) is 17.7 Å². The summed E-state index contributed by atoms with van der Waals surface area (Å²) in [7, 11) is 0. The molecule has 29 heavy (non-hydrogen) atoms. The van der Waals surface area contributed by atoms with Crippen LogP contribution in [0.2, 0.25) is 0 Å². The van der Waals surface area contributed by atoms with Crippen molar-refractivity contribution in [1.82, 2.24) is 10.2 Å². The largest absolute Gasteiger partial charge is 0.505 e. The minimum absolute atomic E-state index is 0.0468. The summed E-state index contributed by atoms with van der Waals surface area (Å²) in [5.41, 5.74) is 1.16. The highest BCUT2D eigenvalue weighted by Crippen LogP contribution is 2.26. The fourth-order valence-electron chi connectivity index (χ4n) is 3.53. The minimum Gasteiger partial charge on any atom is -0.505 e. The molecule has 0 bridgehead atoms. The second-order valence-corrected chi connectivity index (χ2v) is 7.08. The number of benzene rings is 2. The molecule has 3 amide bonds. The van der Waals surface area contributed by atoms with Crippen molar-refractivity contribution < 1.29 is 28.6 Å². The van der Waals surface area contributed by atoms with Crippen LogP contribution in [0, 0.1) is 5.82 Å². The zero-order valence-corrected chi connectivity index (χ0v) is 15.5. The predicted octanol–water partition coefficient (Wildman–Crippen LogP) is 2.24. The molecule has 8 heteroatoms. The van der Waals surface area contributed by atoms with E-state index in [1.807, 2.05) is 0 Å². The van der Waals surface area contributed by atoms with Crippen LogP contribution in [0.1, 0.15) is 49.5 Å². The Kier molecular flexibility index (Phi) is 5.02. The highest BCUT2D eigenvalue weighted by atomic mass is 19.1. The van der Waals surface area contributed by atoms with E-state index >= 15 is 0 Å². The molecule has 0 aromatic heterocycles. The van der Waals surface area contributed by atoms with Crippen LogP contribution < -0.4 is 5.32 Å². The van der Waals surface area contributed by atoms with Crippen LogP contribution in [-0.4, -0.2) is 47.0 Å². The van der Waals surface area contributed by atoms with E-state index in [2.05, 4.69) is 5.32 Å². The second kappa shape index (κ2) is 7.63. The molecule has 0 saturated carbocycles. The van der Waals surface area contributed by atoms with Crippen LogP contribution in [0.25, 0.3) is 0 Å². The smallest absolute Gasteiger partial charge is 0.261 e. The number of amides is 3. The van der Waals surface area contributed by atoms with Gasteiger partial charge in [-0.05, 0) is 48.7 Å². The van der Waals surface area contributed by atoms with Crippen molar-refractivity contribution in [2.24, 2.45) is 0 Å². The molecule has 1 fully saturated rings. The lowest BCUT2D eigenvalue weighted by Gasteiger charge is -2.17. The Bertz CT molecular complexity index is 1000. The molecule has 0 spiro atoms. The fourth-order valence-corrected chi connectivity index (χ4v) is 3.53. The summed E-state index contributed by atoms with van der Waals surface area (Å²) in [6.45, 7) is 0.883. The van der Waals surface area contributed by atoms with Gasteiger partial charge in [-0.1, -0.05) is 6.07 Å². The van der Waals surface area contributed by atoms with Gasteiger partial charge >= 0.3 is 0 Å². The summed E-state index contributed by atoms with van der Waals surface area (Å²) in [6.07, 6.45) is 1.56. The molecule has 2 N–H and O–H groups in total. The van der Waals surface area contributed by atoms with Crippen molar-refractivity contribution in [1.29, 1.82) is 0 Å². The van der Waals surface area contributed by atoms with Crippen LogP contribution in [-0.2, 0) is 11.3 Å². The molecule has 2 aliphatic rings. The lowest BCUT2D eigenvalue weighted by atomic mass is 10.1. The lowest BCUT2D eigenvalue weighted by molar-refractivity contribution is 0.0475. The maximum atomic E-state index is 13.4. The van der Waals surface area contributed by atoms with Gasteiger partial charge in [-0.15, -0.1) is 0 Å². The zero-order chi connectivity index (χ0) is 20.5. The van der Waals surface area contributed by atoms with E-state index in [0.29, 0.717) is 12.2 Å². The van der Waals surface area contributed by atoms with Crippen LogP contribution in [0.3, 0.4) is 0 Å². The number of imide groups is 1. The van der Waals surface area contributed by atoms with Gasteiger partial charge in [0.05, 0.1) is 23.8 Å². The first-order chi connectivity index (χ1) is 13.9. The summed E-state index contributed by atoms with van der Waals surface area (Å²) >= 11 is 0. The number of halogens is 1. The number of fused-ring (bicyclic) bond motifs is 1. The third-order valence-electron chi connectivity index (χ3n) is 5.11. The van der Waals surface area contributed by atoms with Crippen LogP contribution in [0.15, 0.2) is 36.4 Å². The van der Waals surface area contributed by atoms with E-state index in [1.54, 1.807) is 0 Å². The third kappa shape index (κ3) is 3.71. The van der Waals surface area contributed by atoms with Gasteiger partial charge in [-0.2, -0.15) is 0 Å². The molecule has 2 aromatic rings. The van der Waals surface area contributed by atoms with Gasteiger partial charge < -0.3 is 15.2 Å². The van der Waals surface area contributed by atoms with Gasteiger partial charge in [-0.25, -0.2) is 4.39 Å². The highest BCUT2D eigenvalue weighted by molar-refractivity contribution is 6.22. The van der Waals surface area contributed by atoms with E-state index in [1.165, 1.54) is 35.2 Å². The van der Waals surface area contributed by atoms with E-state index in [9.17, 15) is 23.9 Å². The molecular weight excluding hydrogens is 379 g/mol. The number of nitrogens with zero attached hydrogens (tertiary/aromatic N) is 1. The Balaban J connectivity index is 1.46. The molecule has 7 nitrogen and oxygen atoms in total. The summed E-state index contributed by atoms with van der Waals surface area (Å²) in [5, 5.41) is 11.8. The van der Waals surface area contributed by atoms with E-state index in [0.717, 1.165) is 18.9 Å². The first-order valence-electron chi connectivity index (χ1n) is 9.31. The molecule has 4 rings (SSSR count). The number of carbonyl (C=O) groups excluding carboxylic acids is 3. The number of hydrogen-bond acceptors (Lipinski definition) is 5. The Labute approximate surface area is 166 Å². The van der Waals surface area contributed by atoms with E-state index in [-0.39, 0.29) is 41.8 Å². The maximum Gasteiger partial charge on any atom is 0.261 e. The molecule has 150 valence electrons. The number of aromatic hydroxyl groups is 1. The number of rotatable bonds is 5. The molecule has 0 unspecified atom stereocenters. The van der Waals surface area contributed by atoms with Crippen molar-refractivity contribution in [3.05, 3.63) is 64.5 Å². The monoisotopic (exact) mass is 398 g/mol. The Hall–Kier alpha value is -3.26. The minimum atomic E-state index is -0.773. The van der Waals surface area contributed by atoms with Crippen LogP contribution in [0.5, 0.6) is 5.75 Å². The SMILES string of the molecule is O=C(NCc1ccc(O)c(F)c1)c1ccc2c(c1)C(=O)N(C[C@H]1CCCO1)C2=O. The Morgan fingerprint density at radius 3 is 2.69 bits per heavy atom. The first kappa shape index (κ1) is 19.1. The molecular formula is C21H19FN2O5. The number of phenols is 1. The Morgan fingerprint density at radius 2 is 1.97 bits per heavy atom. The molecule has 2 heterocycles. The topological polar surface area (TPSA) is 95.9 Å². The summed E-state index contributed by atoms with van der Waals surface area (Å²) in [5.74, 6) is -2.51. The van der Waals surface area contributed by atoms with Gasteiger partial charge in [0.15, 0.2) is 11.6 Å². The highest BCUT2D eigenvalue weighted by Gasteiger charge is 2.37. The van der Waals surface area contributed by atoms with Gasteiger partial charge in [-0.3, -0.25) is 19.3 Å². The van der Waals surface area contributed by atoms with Crippen molar-refractivity contribution in [2.75, 3.05) is 13.2 Å². The summed E-state index contributed by atoms with van der Waals surface area (Å²) < 4.78 is 18.9. The van der Waals surface area contributed by atoms with Crippen LogP contribution >= 0.6 is 0 Å². The molecule has 2 aliphatic heterocycles. The average molecular weight is 398 g/mol. The van der Waals surface area contributed by atoms with Crippen molar-refractivity contribution in [3.8, 4) is 5.75 Å². The predicted molar refractivity (Wildman–Crippen MR) is 100 cm³/mol. The number of ether oxygens (including phenoxy) is 1. The Morgan fingerprint density at radius 1 is 1.17 bits per heavy atom. The molecule has 0 radical (unpaired) electrons. The number of phenolic OH excluding ortho intramolecular Hbond substituents is 1. The molecule has 2 aromatic carbocycles. The van der Waals surface area contributed by atoms with Crippen molar-refractivity contribution in [2.45, 2.75) is 25.5 Å². The second-order valence-electron chi connectivity index (χ2n) is 7.08. The molecule has 1 atom stereocenters. The van der Waals surface area contributed by atoms with Crippen LogP contribution in [0.4, 0.5) is 4.39 Å². The molecule has 1 saturated heterocycles. The van der Waals surface area contributed by atoms with Gasteiger partial charge in [0.2, 0.25) is 0 Å². The third-order valence-corrected chi connectivity index (χ3v) is 5.11. The lowest BCUT2D eigenvalue weighted by Crippen LogP contribution is -2.36. The standard InChI is InChI=1S/C21H19FN2O5/c22-17-8-12(3-6-18(17)25)10-23-19(26)13-4-5-15-16(9-13)21(28)24(20(15)27)11-14-2-1-7-29-14/h3-6,8-9,14,25H,1-2,7,10-11H2,(H,23,26)/t14-/m1/s1. The van der Waals surface area contributed by atoms with Gasteiger partial charge in [0, 0.05) is 18.7 Å². The maximum absolute atomic E-state index is 13.4. The quantitative estimate of drug-likeness (QED) is 0.753. The number of carbonyl (C=O) groups is 3. The zero-order valence-electron chi connectivity index (χ0n) is 15.5. The van der Waals surface area contributed by atoms with Crippen molar-refractivity contribution in [3.63, 3.8) is 0 Å². The summed E-state index contributed by atoms with van der Waals surface area (Å²) in [6, 6.07) is 8.18. The molecule has 0 aliphatic carbocycles. The van der Waals surface area contributed by atoms with E-state index < -0.39 is 23.4 Å². The normalized spacial score (nSPS) is 18.2. The number of hydrogen-bond donors (Lipinski definition) is 2. The van der Waals surface area contributed by atoms with Gasteiger partial charge in [0.1, 0.15) is 0 Å². The first-order valence-corrected chi connectivity index (χ1v) is 9.31. The van der Waals surface area contributed by atoms with Crippen molar-refractivity contribution >= 4 is 17.7 Å². The van der Waals surface area contributed by atoms with E-state index in [4.69, 9.17) is 4.74 Å². The summed E-state index contributed by atoms with van der Waals surface area (Å²) in [4.78, 5) is 38.8.